The van der Waals surface area contributed by atoms with Crippen LogP contribution >= 0.6 is 0 Å². The van der Waals surface area contributed by atoms with Crippen LogP contribution in [0.25, 0.3) is 0 Å². The number of amidine groups is 1. The maximum Gasteiger partial charge on any atom is 0.122 e. The Bertz CT molecular complexity index is 437. The molecule has 0 saturated carbocycles. The second kappa shape index (κ2) is 8.50. The second-order valence-corrected chi connectivity index (χ2v) is 4.68. The molecule has 0 aliphatic carbocycles. The van der Waals surface area contributed by atoms with Gasteiger partial charge in [-0.3, -0.25) is 15.3 Å². The molecule has 0 atom stereocenters. The van der Waals surface area contributed by atoms with Crippen molar-refractivity contribution in [2.45, 2.75) is 19.9 Å². The highest BCUT2D eigenvalue weighted by Gasteiger charge is 2.09. The summed E-state index contributed by atoms with van der Waals surface area (Å²) in [6.45, 7) is 4.77. The van der Waals surface area contributed by atoms with Crippen LogP contribution in [0.15, 0.2) is 12.1 Å². The zero-order valence-electron chi connectivity index (χ0n) is 12.5. The number of ether oxygens (including phenoxy) is 2. The van der Waals surface area contributed by atoms with E-state index in [1.165, 1.54) is 0 Å². The van der Waals surface area contributed by atoms with Crippen molar-refractivity contribution in [3.63, 3.8) is 0 Å². The van der Waals surface area contributed by atoms with Gasteiger partial charge in [0, 0.05) is 51.0 Å². The Balaban J connectivity index is 2.71. The molecule has 6 nitrogen and oxygen atoms in total. The van der Waals surface area contributed by atoms with Crippen LogP contribution in [-0.4, -0.2) is 49.6 Å². The minimum Gasteiger partial charge on any atom is -0.497 e. The topological polar surface area (TPSA) is 84.5 Å². The Hall–Kier alpha value is -1.66. The van der Waals surface area contributed by atoms with Gasteiger partial charge in [-0.15, -0.1) is 0 Å². The molecule has 6 heteroatoms. The standard InChI is InChI=1S/C14H24N4O2/c1-11-8-13(20-3)9-12(17-11)10-18(6-7-19-2)5-4-14(15)16/h8-9H,4-7,10H2,1-3H3,(H3,15,16). The third-order valence-electron chi connectivity index (χ3n) is 2.91. The molecule has 1 heterocycles. The van der Waals surface area contributed by atoms with Crippen LogP contribution in [0, 0.1) is 12.3 Å². The van der Waals surface area contributed by atoms with Crippen molar-refractivity contribution < 1.29 is 9.47 Å². The van der Waals surface area contributed by atoms with E-state index in [1.54, 1.807) is 14.2 Å². The first kappa shape index (κ1) is 16.4. The Morgan fingerprint density at radius 3 is 2.70 bits per heavy atom. The number of pyridine rings is 1. The number of aromatic nitrogens is 1. The molecule has 1 rings (SSSR count). The average molecular weight is 280 g/mol. The van der Waals surface area contributed by atoms with Crippen LogP contribution in [0.4, 0.5) is 0 Å². The minimum absolute atomic E-state index is 0.196. The Labute approximate surface area is 120 Å². The van der Waals surface area contributed by atoms with E-state index in [4.69, 9.17) is 20.6 Å². The van der Waals surface area contributed by atoms with E-state index in [1.807, 2.05) is 19.1 Å². The number of nitrogens with zero attached hydrogens (tertiary/aromatic N) is 2. The van der Waals surface area contributed by atoms with Crippen LogP contribution < -0.4 is 10.5 Å². The van der Waals surface area contributed by atoms with E-state index < -0.39 is 0 Å². The van der Waals surface area contributed by atoms with Crippen molar-refractivity contribution in [3.05, 3.63) is 23.5 Å². The summed E-state index contributed by atoms with van der Waals surface area (Å²) in [6, 6.07) is 3.83. The van der Waals surface area contributed by atoms with Gasteiger partial charge in [0.05, 0.1) is 25.2 Å². The fourth-order valence-corrected chi connectivity index (χ4v) is 1.90. The minimum atomic E-state index is 0.196. The molecule has 0 radical (unpaired) electrons. The molecule has 112 valence electrons. The molecule has 0 spiro atoms. The maximum atomic E-state index is 7.33. The number of rotatable bonds is 9. The van der Waals surface area contributed by atoms with Gasteiger partial charge in [-0.1, -0.05) is 0 Å². The summed E-state index contributed by atoms with van der Waals surface area (Å²) in [7, 11) is 3.33. The molecule has 0 aliphatic heterocycles. The van der Waals surface area contributed by atoms with Crippen LogP contribution in [0.5, 0.6) is 5.75 Å². The molecule has 0 aromatic carbocycles. The lowest BCUT2D eigenvalue weighted by molar-refractivity contribution is 0.145. The van der Waals surface area contributed by atoms with Crippen LogP contribution in [0.2, 0.25) is 0 Å². The number of methoxy groups -OCH3 is 2. The summed E-state index contributed by atoms with van der Waals surface area (Å²) in [4.78, 5) is 6.68. The SMILES string of the molecule is COCCN(CCC(=N)N)Cc1cc(OC)cc(C)n1. The monoisotopic (exact) mass is 280 g/mol. The van der Waals surface area contributed by atoms with Crippen molar-refractivity contribution >= 4 is 5.84 Å². The van der Waals surface area contributed by atoms with Crippen LogP contribution in [0.1, 0.15) is 17.8 Å². The lowest BCUT2D eigenvalue weighted by Crippen LogP contribution is -2.31. The second-order valence-electron chi connectivity index (χ2n) is 4.68. The van der Waals surface area contributed by atoms with Gasteiger partial charge < -0.3 is 15.2 Å². The first-order valence-corrected chi connectivity index (χ1v) is 6.61. The molecule has 0 aliphatic rings. The fourth-order valence-electron chi connectivity index (χ4n) is 1.90. The summed E-state index contributed by atoms with van der Waals surface area (Å²) in [5, 5.41) is 7.33. The number of nitrogens with two attached hydrogens (primary N) is 1. The zero-order valence-corrected chi connectivity index (χ0v) is 12.5. The Morgan fingerprint density at radius 2 is 2.10 bits per heavy atom. The van der Waals surface area contributed by atoms with Gasteiger partial charge in [-0.05, 0) is 6.92 Å². The summed E-state index contributed by atoms with van der Waals surface area (Å²) >= 11 is 0. The molecule has 1 aromatic rings. The third-order valence-corrected chi connectivity index (χ3v) is 2.91. The van der Waals surface area contributed by atoms with E-state index in [0.717, 1.165) is 30.2 Å². The highest BCUT2D eigenvalue weighted by Crippen LogP contribution is 2.14. The average Bonchev–Trinajstić information content (AvgIpc) is 2.41. The quantitative estimate of drug-likeness (QED) is 0.524. The zero-order chi connectivity index (χ0) is 15.0. The van der Waals surface area contributed by atoms with E-state index in [0.29, 0.717) is 19.6 Å². The smallest absolute Gasteiger partial charge is 0.122 e. The van der Waals surface area contributed by atoms with Crippen molar-refractivity contribution in [1.82, 2.24) is 9.88 Å². The van der Waals surface area contributed by atoms with Gasteiger partial charge in [0.15, 0.2) is 0 Å². The van der Waals surface area contributed by atoms with Crippen molar-refractivity contribution in [3.8, 4) is 5.75 Å². The molecule has 0 fully saturated rings. The molecule has 0 bridgehead atoms. The predicted molar refractivity (Wildman–Crippen MR) is 79.2 cm³/mol. The van der Waals surface area contributed by atoms with E-state index in [-0.39, 0.29) is 5.84 Å². The van der Waals surface area contributed by atoms with E-state index in [2.05, 4.69) is 9.88 Å². The molecular weight excluding hydrogens is 256 g/mol. The lowest BCUT2D eigenvalue weighted by atomic mass is 10.2. The summed E-state index contributed by atoms with van der Waals surface area (Å²) < 4.78 is 10.4. The highest BCUT2D eigenvalue weighted by atomic mass is 16.5. The van der Waals surface area contributed by atoms with Gasteiger partial charge in [0.2, 0.25) is 0 Å². The molecule has 0 amide bonds. The molecule has 20 heavy (non-hydrogen) atoms. The number of nitrogens with one attached hydrogen (secondary N) is 1. The summed E-state index contributed by atoms with van der Waals surface area (Å²) in [6.07, 6.45) is 0.548. The largest absolute Gasteiger partial charge is 0.497 e. The van der Waals surface area contributed by atoms with Crippen molar-refractivity contribution in [2.24, 2.45) is 5.73 Å². The first-order chi connectivity index (χ1) is 9.55. The Kier molecular flexibility index (Phi) is 6.97. The first-order valence-electron chi connectivity index (χ1n) is 6.61. The fraction of sp³-hybridized carbons (Fsp3) is 0.571. The number of aryl methyl sites for hydroxylation is 1. The Morgan fingerprint density at radius 1 is 1.35 bits per heavy atom. The van der Waals surface area contributed by atoms with Crippen LogP contribution in [-0.2, 0) is 11.3 Å². The van der Waals surface area contributed by atoms with Gasteiger partial charge >= 0.3 is 0 Å². The van der Waals surface area contributed by atoms with Gasteiger partial charge in [0.25, 0.3) is 0 Å². The summed E-state index contributed by atoms with van der Waals surface area (Å²) in [5.41, 5.74) is 7.30. The predicted octanol–water partition coefficient (Wildman–Crippen LogP) is 1.17. The normalized spacial score (nSPS) is 10.8. The lowest BCUT2D eigenvalue weighted by Gasteiger charge is -2.21. The van der Waals surface area contributed by atoms with Crippen molar-refractivity contribution in [2.75, 3.05) is 33.9 Å². The molecule has 1 aromatic heterocycles. The molecule has 0 saturated heterocycles. The maximum absolute atomic E-state index is 7.33. The molecule has 3 N–H and O–H groups in total. The van der Waals surface area contributed by atoms with Gasteiger partial charge in [-0.2, -0.15) is 0 Å². The number of hydrogen-bond donors (Lipinski definition) is 2. The van der Waals surface area contributed by atoms with Crippen LogP contribution in [0.3, 0.4) is 0 Å². The molecular formula is C14H24N4O2. The highest BCUT2D eigenvalue weighted by molar-refractivity contribution is 5.76. The van der Waals surface area contributed by atoms with Gasteiger partial charge in [0.1, 0.15) is 5.75 Å². The number of hydrogen-bond acceptors (Lipinski definition) is 5. The van der Waals surface area contributed by atoms with E-state index >= 15 is 0 Å². The summed E-state index contributed by atoms with van der Waals surface area (Å²) in [5.74, 6) is 1.01. The van der Waals surface area contributed by atoms with E-state index in [9.17, 15) is 0 Å². The van der Waals surface area contributed by atoms with Gasteiger partial charge in [-0.25, -0.2) is 0 Å². The molecule has 0 unspecified atom stereocenters. The third kappa shape index (κ3) is 5.99. The van der Waals surface area contributed by atoms with Crippen molar-refractivity contribution in [1.29, 1.82) is 5.41 Å².